The van der Waals surface area contributed by atoms with Crippen molar-refractivity contribution >= 4 is 40.8 Å². The van der Waals surface area contributed by atoms with Gasteiger partial charge >= 0.3 is 0 Å². The van der Waals surface area contributed by atoms with E-state index in [4.69, 9.17) is 34.7 Å². The number of nitrogens with one attached hydrogen (secondary N) is 2. The maximum atomic E-state index is 13.0. The lowest BCUT2D eigenvalue weighted by Gasteiger charge is -2.21. The monoisotopic (exact) mass is 485 g/mol. The number of hydrogen-bond donors (Lipinski definition) is 4. The molecule has 0 saturated carbocycles. The lowest BCUT2D eigenvalue weighted by molar-refractivity contribution is -0.129. The molecule has 0 fully saturated rings. The number of hydrogen-bond acceptors (Lipinski definition) is 5. The quantitative estimate of drug-likeness (QED) is 0.371. The van der Waals surface area contributed by atoms with Gasteiger partial charge in [0.1, 0.15) is 11.9 Å². The summed E-state index contributed by atoms with van der Waals surface area (Å²) < 4.78 is 0. The summed E-state index contributed by atoms with van der Waals surface area (Å²) in [5, 5.41) is 6.38. The second-order valence-corrected chi connectivity index (χ2v) is 8.43. The Labute approximate surface area is 202 Å². The maximum Gasteiger partial charge on any atom is 0.243 e. The summed E-state index contributed by atoms with van der Waals surface area (Å²) in [5.74, 6) is -0.395. The summed E-state index contributed by atoms with van der Waals surface area (Å²) in [7, 11) is 0. The van der Waals surface area contributed by atoms with Crippen LogP contribution >= 0.6 is 23.2 Å². The fourth-order valence-corrected chi connectivity index (χ4v) is 3.52. The summed E-state index contributed by atoms with van der Waals surface area (Å²) >= 11 is 12.1. The first-order valence-corrected chi connectivity index (χ1v) is 11.1. The molecule has 2 aromatic carbocycles. The number of carbonyl (C=O) groups is 2. The highest BCUT2D eigenvalue weighted by Gasteiger charge is 2.24. The Bertz CT molecular complexity index is 1090. The molecule has 0 saturated heterocycles. The van der Waals surface area contributed by atoms with Crippen molar-refractivity contribution in [1.29, 1.82) is 0 Å². The number of anilines is 1. The normalized spacial score (nSPS) is 12.6. The van der Waals surface area contributed by atoms with Crippen LogP contribution in [-0.4, -0.2) is 28.9 Å². The molecule has 2 amide bonds. The third-order valence-corrected chi connectivity index (χ3v) is 5.75. The van der Waals surface area contributed by atoms with Gasteiger partial charge in [-0.05, 0) is 41.3 Å². The molecule has 3 rings (SSSR count). The van der Waals surface area contributed by atoms with Crippen molar-refractivity contribution in [2.75, 3.05) is 5.73 Å². The molecule has 172 valence electrons. The Morgan fingerprint density at radius 2 is 1.61 bits per heavy atom. The van der Waals surface area contributed by atoms with Crippen LogP contribution in [0, 0.1) is 0 Å². The number of carbonyl (C=O) groups excluding carboxylic acids is 2. The van der Waals surface area contributed by atoms with Crippen LogP contribution in [-0.2, 0) is 29.0 Å². The maximum absolute atomic E-state index is 13.0. The number of halogens is 2. The minimum absolute atomic E-state index is 0.215. The van der Waals surface area contributed by atoms with E-state index in [1.165, 1.54) is 0 Å². The predicted molar refractivity (Wildman–Crippen MR) is 131 cm³/mol. The lowest BCUT2D eigenvalue weighted by atomic mass is 10.0. The zero-order chi connectivity index (χ0) is 23.8. The highest BCUT2D eigenvalue weighted by atomic mass is 35.5. The third kappa shape index (κ3) is 7.46. The van der Waals surface area contributed by atoms with Crippen molar-refractivity contribution in [1.82, 2.24) is 15.6 Å². The van der Waals surface area contributed by atoms with E-state index in [2.05, 4.69) is 15.6 Å². The predicted octanol–water partition coefficient (Wildman–Crippen LogP) is 2.88. The number of nitrogens with zero attached hydrogens (tertiary/aromatic N) is 1. The number of pyridine rings is 1. The van der Waals surface area contributed by atoms with Crippen LogP contribution in [0.25, 0.3) is 0 Å². The van der Waals surface area contributed by atoms with Crippen LogP contribution in [0.1, 0.15) is 16.7 Å². The van der Waals surface area contributed by atoms with E-state index in [1.807, 2.05) is 30.3 Å². The van der Waals surface area contributed by atoms with Gasteiger partial charge in [0.25, 0.3) is 0 Å². The minimum atomic E-state index is -0.863. The Morgan fingerprint density at radius 1 is 0.879 bits per heavy atom. The largest absolute Gasteiger partial charge is 0.384 e. The molecule has 9 heteroatoms. The van der Waals surface area contributed by atoms with E-state index in [1.54, 1.807) is 36.5 Å². The van der Waals surface area contributed by atoms with Gasteiger partial charge in [-0.15, -0.1) is 0 Å². The number of nitrogens with two attached hydrogens (primary N) is 2. The van der Waals surface area contributed by atoms with Crippen molar-refractivity contribution in [3.05, 3.63) is 93.6 Å². The van der Waals surface area contributed by atoms with Crippen molar-refractivity contribution in [3.63, 3.8) is 0 Å². The van der Waals surface area contributed by atoms with E-state index >= 15 is 0 Å². The van der Waals surface area contributed by atoms with Gasteiger partial charge < -0.3 is 22.1 Å². The molecule has 0 aliphatic heterocycles. The van der Waals surface area contributed by atoms with Crippen LogP contribution in [0.2, 0.25) is 10.0 Å². The zero-order valence-corrected chi connectivity index (χ0v) is 19.3. The molecular weight excluding hydrogens is 461 g/mol. The Morgan fingerprint density at radius 3 is 2.27 bits per heavy atom. The Balaban J connectivity index is 1.70. The second kappa shape index (κ2) is 11.7. The summed E-state index contributed by atoms with van der Waals surface area (Å²) in [5.41, 5.74) is 14.2. The molecule has 0 aliphatic rings. The Hall–Kier alpha value is -3.13. The second-order valence-electron chi connectivity index (χ2n) is 7.62. The van der Waals surface area contributed by atoms with E-state index in [9.17, 15) is 9.59 Å². The van der Waals surface area contributed by atoms with Crippen LogP contribution in [0.5, 0.6) is 0 Å². The average Bonchev–Trinajstić information content (AvgIpc) is 2.81. The SMILES string of the molecule is Nc1ccc(CNC(=O)[C@H](Cc2ccc(Cl)c(Cl)c2)NC(=O)[C@H](N)Cc2ccccc2)cn1. The first kappa shape index (κ1) is 24.5. The molecule has 33 heavy (non-hydrogen) atoms. The average molecular weight is 486 g/mol. The number of nitrogen functional groups attached to an aromatic ring is 1. The van der Waals surface area contributed by atoms with Gasteiger partial charge in [-0.1, -0.05) is 65.7 Å². The van der Waals surface area contributed by atoms with Crippen LogP contribution < -0.4 is 22.1 Å². The molecule has 0 unspecified atom stereocenters. The van der Waals surface area contributed by atoms with Gasteiger partial charge in [0.2, 0.25) is 11.8 Å². The van der Waals surface area contributed by atoms with Crippen molar-refractivity contribution in [2.45, 2.75) is 31.5 Å². The molecule has 1 heterocycles. The number of aromatic nitrogens is 1. The van der Waals surface area contributed by atoms with Gasteiger partial charge in [0.05, 0.1) is 16.1 Å². The summed E-state index contributed by atoms with van der Waals surface area (Å²) in [4.78, 5) is 29.8. The van der Waals surface area contributed by atoms with Gasteiger partial charge in [-0.25, -0.2) is 4.98 Å². The van der Waals surface area contributed by atoms with Gasteiger partial charge in [0, 0.05) is 19.2 Å². The smallest absolute Gasteiger partial charge is 0.243 e. The van der Waals surface area contributed by atoms with E-state index in [0.29, 0.717) is 22.3 Å². The molecule has 2 atom stereocenters. The van der Waals surface area contributed by atoms with Gasteiger partial charge in [0.15, 0.2) is 0 Å². The summed E-state index contributed by atoms with van der Waals surface area (Å²) in [6, 6.07) is 16.3. The highest BCUT2D eigenvalue weighted by molar-refractivity contribution is 6.42. The topological polar surface area (TPSA) is 123 Å². The Kier molecular flexibility index (Phi) is 8.65. The molecule has 0 bridgehead atoms. The standard InChI is InChI=1S/C24H25Cl2N5O2/c25-18-8-6-16(10-19(18)26)12-21(24(33)30-14-17-7-9-22(28)29-13-17)31-23(32)20(27)11-15-4-2-1-3-5-15/h1-10,13,20-21H,11-12,14,27H2,(H2,28,29)(H,30,33)(H,31,32)/t20-,21+/m1/s1. The molecule has 0 radical (unpaired) electrons. The molecule has 7 nitrogen and oxygen atoms in total. The summed E-state index contributed by atoms with van der Waals surface area (Å²) in [6.07, 6.45) is 2.15. The highest BCUT2D eigenvalue weighted by Crippen LogP contribution is 2.23. The van der Waals surface area contributed by atoms with E-state index < -0.39 is 18.0 Å². The van der Waals surface area contributed by atoms with Gasteiger partial charge in [-0.2, -0.15) is 0 Å². The van der Waals surface area contributed by atoms with Crippen molar-refractivity contribution < 1.29 is 9.59 Å². The van der Waals surface area contributed by atoms with Crippen molar-refractivity contribution in [3.8, 4) is 0 Å². The van der Waals surface area contributed by atoms with Crippen LogP contribution in [0.3, 0.4) is 0 Å². The van der Waals surface area contributed by atoms with Crippen LogP contribution in [0.15, 0.2) is 66.9 Å². The van der Waals surface area contributed by atoms with Crippen molar-refractivity contribution in [2.24, 2.45) is 5.73 Å². The number of amides is 2. The van der Waals surface area contributed by atoms with E-state index in [0.717, 1.165) is 16.7 Å². The number of benzene rings is 2. The zero-order valence-electron chi connectivity index (χ0n) is 17.8. The molecular formula is C24H25Cl2N5O2. The molecule has 6 N–H and O–H groups in total. The molecule has 1 aromatic heterocycles. The molecule has 0 aliphatic carbocycles. The van der Waals surface area contributed by atoms with Crippen LogP contribution in [0.4, 0.5) is 5.82 Å². The van der Waals surface area contributed by atoms with E-state index in [-0.39, 0.29) is 18.9 Å². The fourth-order valence-electron chi connectivity index (χ4n) is 3.20. The lowest BCUT2D eigenvalue weighted by Crippen LogP contribution is -2.52. The van der Waals surface area contributed by atoms with Gasteiger partial charge in [-0.3, -0.25) is 9.59 Å². The number of rotatable bonds is 9. The third-order valence-electron chi connectivity index (χ3n) is 5.01. The molecule has 3 aromatic rings. The first-order chi connectivity index (χ1) is 15.8. The minimum Gasteiger partial charge on any atom is -0.384 e. The summed E-state index contributed by atoms with van der Waals surface area (Å²) in [6.45, 7) is 0.232. The fraction of sp³-hybridized carbons (Fsp3) is 0.208. The first-order valence-electron chi connectivity index (χ1n) is 10.3. The molecule has 0 spiro atoms.